The van der Waals surface area contributed by atoms with Crippen LogP contribution >= 0.6 is 0 Å². The molecular weight excluding hydrogens is 248 g/mol. The van der Waals surface area contributed by atoms with E-state index in [2.05, 4.69) is 23.9 Å². The number of nitrogens with one attached hydrogen (secondary N) is 2. The summed E-state index contributed by atoms with van der Waals surface area (Å²) in [6, 6.07) is 7.76. The van der Waals surface area contributed by atoms with E-state index in [1.165, 1.54) is 12.8 Å². The predicted molar refractivity (Wildman–Crippen MR) is 75.3 cm³/mol. The third-order valence-electron chi connectivity index (χ3n) is 3.63. The van der Waals surface area contributed by atoms with Crippen LogP contribution in [0.4, 0.5) is 11.4 Å². The molecule has 1 aromatic carbocycles. The molecule has 1 aliphatic rings. The minimum absolute atomic E-state index is 0.389. The Morgan fingerprint density at radius 2 is 1.89 bits per heavy atom. The first-order valence-corrected chi connectivity index (χ1v) is 8.02. The van der Waals surface area contributed by atoms with Crippen LogP contribution in [0.25, 0.3) is 0 Å². The molecular formula is C13H20N2O2S. The number of hydrogen-bond acceptors (Lipinski definition) is 3. The van der Waals surface area contributed by atoms with Crippen molar-refractivity contribution in [2.45, 2.75) is 32.7 Å². The Bertz CT molecular complexity index is 536. The third kappa shape index (κ3) is 3.38. The van der Waals surface area contributed by atoms with Crippen LogP contribution in [-0.4, -0.2) is 20.7 Å². The maximum atomic E-state index is 11.2. The normalized spacial score (nSPS) is 19.1. The third-order valence-corrected chi connectivity index (χ3v) is 4.24. The van der Waals surface area contributed by atoms with Crippen molar-refractivity contribution in [1.29, 1.82) is 0 Å². The van der Waals surface area contributed by atoms with Crippen LogP contribution in [0.15, 0.2) is 24.3 Å². The topological polar surface area (TPSA) is 58.2 Å². The summed E-state index contributed by atoms with van der Waals surface area (Å²) in [6.07, 6.45) is 3.66. The van der Waals surface area contributed by atoms with Crippen molar-refractivity contribution < 1.29 is 8.42 Å². The Labute approximate surface area is 109 Å². The highest BCUT2D eigenvalue weighted by Crippen LogP contribution is 2.48. The SMILES string of the molecule is CC(Nc1cccc(NS(C)(=O)=O)c1)C1(C)CC1. The molecule has 0 radical (unpaired) electrons. The molecule has 1 atom stereocenters. The summed E-state index contributed by atoms with van der Waals surface area (Å²) < 4.78 is 24.8. The maximum absolute atomic E-state index is 11.2. The minimum atomic E-state index is -3.22. The number of benzene rings is 1. The van der Waals surface area contributed by atoms with Gasteiger partial charge in [0.2, 0.25) is 10.0 Å². The summed E-state index contributed by atoms with van der Waals surface area (Å²) in [5, 5.41) is 3.44. The molecule has 100 valence electrons. The highest BCUT2D eigenvalue weighted by atomic mass is 32.2. The number of rotatable bonds is 5. The van der Waals surface area contributed by atoms with Gasteiger partial charge in [-0.3, -0.25) is 4.72 Å². The molecule has 1 fully saturated rings. The van der Waals surface area contributed by atoms with E-state index in [1.807, 2.05) is 18.2 Å². The fraction of sp³-hybridized carbons (Fsp3) is 0.538. The van der Waals surface area contributed by atoms with Gasteiger partial charge in [-0.1, -0.05) is 13.0 Å². The van der Waals surface area contributed by atoms with E-state index in [0.717, 1.165) is 11.9 Å². The van der Waals surface area contributed by atoms with E-state index in [0.29, 0.717) is 17.1 Å². The molecule has 18 heavy (non-hydrogen) atoms. The monoisotopic (exact) mass is 268 g/mol. The van der Waals surface area contributed by atoms with Gasteiger partial charge in [-0.15, -0.1) is 0 Å². The fourth-order valence-corrected chi connectivity index (χ4v) is 2.50. The van der Waals surface area contributed by atoms with Gasteiger partial charge in [-0.2, -0.15) is 0 Å². The molecule has 0 amide bonds. The van der Waals surface area contributed by atoms with E-state index < -0.39 is 10.0 Å². The van der Waals surface area contributed by atoms with Crippen LogP contribution in [0.1, 0.15) is 26.7 Å². The second kappa shape index (κ2) is 4.46. The van der Waals surface area contributed by atoms with Gasteiger partial charge in [0.15, 0.2) is 0 Å². The zero-order valence-corrected chi connectivity index (χ0v) is 11.8. The molecule has 0 spiro atoms. The van der Waals surface area contributed by atoms with E-state index in [-0.39, 0.29) is 0 Å². The van der Waals surface area contributed by atoms with Crippen molar-refractivity contribution in [2.24, 2.45) is 5.41 Å². The van der Waals surface area contributed by atoms with E-state index >= 15 is 0 Å². The van der Waals surface area contributed by atoms with Crippen LogP contribution in [0.5, 0.6) is 0 Å². The molecule has 0 bridgehead atoms. The average molecular weight is 268 g/mol. The zero-order chi connectivity index (χ0) is 13.4. The molecule has 1 unspecified atom stereocenters. The van der Waals surface area contributed by atoms with Crippen molar-refractivity contribution in [3.8, 4) is 0 Å². The summed E-state index contributed by atoms with van der Waals surface area (Å²) >= 11 is 0. The Morgan fingerprint density at radius 1 is 1.28 bits per heavy atom. The first-order chi connectivity index (χ1) is 8.28. The van der Waals surface area contributed by atoms with Crippen molar-refractivity contribution >= 4 is 21.4 Å². The predicted octanol–water partition coefficient (Wildman–Crippen LogP) is 2.66. The first-order valence-electron chi connectivity index (χ1n) is 6.13. The van der Waals surface area contributed by atoms with Gasteiger partial charge in [0.25, 0.3) is 0 Å². The molecule has 2 N–H and O–H groups in total. The Hall–Kier alpha value is -1.23. The molecule has 4 nitrogen and oxygen atoms in total. The fourth-order valence-electron chi connectivity index (χ4n) is 1.94. The molecule has 1 saturated carbocycles. The Kier molecular flexibility index (Phi) is 3.27. The van der Waals surface area contributed by atoms with Crippen LogP contribution in [-0.2, 0) is 10.0 Å². The van der Waals surface area contributed by atoms with E-state index in [9.17, 15) is 8.42 Å². The largest absolute Gasteiger partial charge is 0.382 e. The smallest absolute Gasteiger partial charge is 0.229 e. The second-order valence-corrected chi connectivity index (χ2v) is 7.22. The number of hydrogen-bond donors (Lipinski definition) is 2. The molecule has 5 heteroatoms. The van der Waals surface area contributed by atoms with Gasteiger partial charge < -0.3 is 5.32 Å². The lowest BCUT2D eigenvalue weighted by Gasteiger charge is -2.22. The van der Waals surface area contributed by atoms with Crippen LogP contribution < -0.4 is 10.0 Å². The maximum Gasteiger partial charge on any atom is 0.229 e. The number of sulfonamides is 1. The van der Waals surface area contributed by atoms with Gasteiger partial charge >= 0.3 is 0 Å². The van der Waals surface area contributed by atoms with Gasteiger partial charge in [-0.05, 0) is 43.4 Å². The molecule has 0 saturated heterocycles. The Balaban J connectivity index is 2.07. The molecule has 1 aliphatic carbocycles. The van der Waals surface area contributed by atoms with Crippen LogP contribution in [0, 0.1) is 5.41 Å². The zero-order valence-electron chi connectivity index (χ0n) is 11.0. The van der Waals surface area contributed by atoms with E-state index in [4.69, 9.17) is 0 Å². The lowest BCUT2D eigenvalue weighted by atomic mass is 10.0. The summed E-state index contributed by atoms with van der Waals surface area (Å²) in [7, 11) is -3.22. The summed E-state index contributed by atoms with van der Waals surface area (Å²) in [6.45, 7) is 4.44. The summed E-state index contributed by atoms with van der Waals surface area (Å²) in [5.74, 6) is 0. The van der Waals surface area contributed by atoms with Gasteiger partial charge in [0, 0.05) is 11.7 Å². The molecule has 0 aromatic heterocycles. The number of anilines is 2. The molecule has 0 aliphatic heterocycles. The quantitative estimate of drug-likeness (QED) is 0.863. The molecule has 2 rings (SSSR count). The standard InChI is InChI=1S/C13H20N2O2S/c1-10(13(2)7-8-13)14-11-5-4-6-12(9-11)15-18(3,16)17/h4-6,9-10,14-15H,7-8H2,1-3H3. The minimum Gasteiger partial charge on any atom is -0.382 e. The van der Waals surface area contributed by atoms with Gasteiger partial charge in [0.1, 0.15) is 0 Å². The van der Waals surface area contributed by atoms with Crippen molar-refractivity contribution in [1.82, 2.24) is 0 Å². The second-order valence-electron chi connectivity index (χ2n) is 5.48. The summed E-state index contributed by atoms with van der Waals surface area (Å²) in [5.41, 5.74) is 1.93. The lowest BCUT2D eigenvalue weighted by Crippen LogP contribution is -2.24. The van der Waals surface area contributed by atoms with Crippen molar-refractivity contribution in [2.75, 3.05) is 16.3 Å². The first kappa shape index (κ1) is 13.2. The highest BCUT2D eigenvalue weighted by molar-refractivity contribution is 7.92. The summed E-state index contributed by atoms with van der Waals surface area (Å²) in [4.78, 5) is 0. The van der Waals surface area contributed by atoms with Crippen molar-refractivity contribution in [3.05, 3.63) is 24.3 Å². The van der Waals surface area contributed by atoms with Gasteiger partial charge in [0.05, 0.1) is 11.9 Å². The highest BCUT2D eigenvalue weighted by Gasteiger charge is 2.42. The van der Waals surface area contributed by atoms with Crippen LogP contribution in [0.3, 0.4) is 0 Å². The van der Waals surface area contributed by atoms with E-state index in [1.54, 1.807) is 6.07 Å². The van der Waals surface area contributed by atoms with Crippen LogP contribution in [0.2, 0.25) is 0 Å². The Morgan fingerprint density at radius 3 is 2.44 bits per heavy atom. The lowest BCUT2D eigenvalue weighted by molar-refractivity contribution is 0.493. The van der Waals surface area contributed by atoms with Gasteiger partial charge in [-0.25, -0.2) is 8.42 Å². The molecule has 1 aromatic rings. The average Bonchev–Trinajstić information content (AvgIpc) is 2.95. The van der Waals surface area contributed by atoms with Crippen molar-refractivity contribution in [3.63, 3.8) is 0 Å². The molecule has 0 heterocycles.